The van der Waals surface area contributed by atoms with E-state index in [1.54, 1.807) is 0 Å². The van der Waals surface area contributed by atoms with Crippen molar-refractivity contribution in [2.24, 2.45) is 13.0 Å². The van der Waals surface area contributed by atoms with Crippen molar-refractivity contribution in [3.05, 3.63) is 23.5 Å². The molecular formula is C19H27N5O2. The molecule has 0 radical (unpaired) electrons. The lowest BCUT2D eigenvalue weighted by atomic mass is 9.96. The first-order chi connectivity index (χ1) is 12.6. The standard InChI is InChI=1S/C19H27N5O2/c1-14-17-10-15(11-20-18(17)22(2)21-14)12-23-5-3-4-16(13-23)19(25)24-6-8-26-9-7-24/h10-11,16H,3-9,12-13H2,1-2H3. The first-order valence-electron chi connectivity index (χ1n) is 9.49. The Bertz CT molecular complexity index is 797. The second-order valence-electron chi connectivity index (χ2n) is 7.44. The molecule has 0 saturated carbocycles. The fourth-order valence-corrected chi connectivity index (χ4v) is 4.14. The average Bonchev–Trinajstić information content (AvgIpc) is 2.95. The highest BCUT2D eigenvalue weighted by atomic mass is 16.5. The maximum Gasteiger partial charge on any atom is 0.227 e. The van der Waals surface area contributed by atoms with Crippen LogP contribution in [0.15, 0.2) is 12.3 Å². The second kappa shape index (κ2) is 7.32. The number of pyridine rings is 1. The molecule has 0 bridgehead atoms. The van der Waals surface area contributed by atoms with E-state index >= 15 is 0 Å². The van der Waals surface area contributed by atoms with E-state index in [2.05, 4.69) is 21.0 Å². The molecule has 7 heteroatoms. The zero-order valence-electron chi connectivity index (χ0n) is 15.6. The molecule has 0 N–H and O–H groups in total. The van der Waals surface area contributed by atoms with Crippen LogP contribution in [0.5, 0.6) is 0 Å². The number of piperidine rings is 1. The van der Waals surface area contributed by atoms with Gasteiger partial charge in [0.25, 0.3) is 0 Å². The Kier molecular flexibility index (Phi) is 4.91. The molecule has 2 aromatic heterocycles. The minimum atomic E-state index is 0.110. The number of aryl methyl sites for hydroxylation is 2. The molecule has 2 aromatic rings. The van der Waals surface area contributed by atoms with Crippen LogP contribution >= 0.6 is 0 Å². The van der Waals surface area contributed by atoms with E-state index < -0.39 is 0 Å². The molecule has 0 spiro atoms. The van der Waals surface area contributed by atoms with Crippen molar-refractivity contribution in [2.45, 2.75) is 26.3 Å². The van der Waals surface area contributed by atoms with Gasteiger partial charge in [0, 0.05) is 44.8 Å². The van der Waals surface area contributed by atoms with Gasteiger partial charge in [-0.05, 0) is 37.9 Å². The number of hydrogen-bond acceptors (Lipinski definition) is 5. The molecule has 2 fully saturated rings. The molecule has 2 aliphatic heterocycles. The molecule has 4 rings (SSSR count). The number of ether oxygens (including phenoxy) is 1. The van der Waals surface area contributed by atoms with Crippen LogP contribution in [0, 0.1) is 12.8 Å². The van der Waals surface area contributed by atoms with Crippen LogP contribution in [0.1, 0.15) is 24.1 Å². The second-order valence-corrected chi connectivity index (χ2v) is 7.44. The Morgan fingerprint density at radius 2 is 2.12 bits per heavy atom. The molecule has 140 valence electrons. The Morgan fingerprint density at radius 1 is 1.31 bits per heavy atom. The summed E-state index contributed by atoms with van der Waals surface area (Å²) in [6.07, 6.45) is 4.00. The topological polar surface area (TPSA) is 63.5 Å². The summed E-state index contributed by atoms with van der Waals surface area (Å²) < 4.78 is 7.19. The lowest BCUT2D eigenvalue weighted by Gasteiger charge is -2.36. The van der Waals surface area contributed by atoms with E-state index in [0.29, 0.717) is 19.1 Å². The number of aromatic nitrogens is 3. The summed E-state index contributed by atoms with van der Waals surface area (Å²) >= 11 is 0. The Labute approximate surface area is 153 Å². The summed E-state index contributed by atoms with van der Waals surface area (Å²) in [5.41, 5.74) is 3.12. The number of carbonyl (C=O) groups is 1. The summed E-state index contributed by atoms with van der Waals surface area (Å²) in [6.45, 7) is 7.52. The minimum Gasteiger partial charge on any atom is -0.378 e. The van der Waals surface area contributed by atoms with Gasteiger partial charge in [0.1, 0.15) is 0 Å². The van der Waals surface area contributed by atoms with Crippen molar-refractivity contribution >= 4 is 16.9 Å². The fraction of sp³-hybridized carbons (Fsp3) is 0.632. The van der Waals surface area contributed by atoms with E-state index in [4.69, 9.17) is 4.74 Å². The number of hydrogen-bond donors (Lipinski definition) is 0. The number of morpholine rings is 1. The predicted molar refractivity (Wildman–Crippen MR) is 98.6 cm³/mol. The van der Waals surface area contributed by atoms with Crippen molar-refractivity contribution in [3.63, 3.8) is 0 Å². The molecule has 1 unspecified atom stereocenters. The molecule has 0 aromatic carbocycles. The SMILES string of the molecule is Cc1nn(C)c2ncc(CN3CCCC(C(=O)N4CCOCC4)C3)cc12. The van der Waals surface area contributed by atoms with Gasteiger partial charge in [0.15, 0.2) is 5.65 Å². The van der Waals surface area contributed by atoms with Crippen LogP contribution in [-0.2, 0) is 23.1 Å². The first kappa shape index (κ1) is 17.4. The highest BCUT2D eigenvalue weighted by Crippen LogP contribution is 2.23. The first-order valence-corrected chi connectivity index (χ1v) is 9.49. The van der Waals surface area contributed by atoms with Crippen molar-refractivity contribution < 1.29 is 9.53 Å². The third-order valence-electron chi connectivity index (χ3n) is 5.50. The third-order valence-corrected chi connectivity index (χ3v) is 5.50. The fourth-order valence-electron chi connectivity index (χ4n) is 4.14. The molecule has 26 heavy (non-hydrogen) atoms. The van der Waals surface area contributed by atoms with Gasteiger partial charge in [-0.3, -0.25) is 14.4 Å². The van der Waals surface area contributed by atoms with Crippen LogP contribution in [0.2, 0.25) is 0 Å². The van der Waals surface area contributed by atoms with Crippen LogP contribution in [0.4, 0.5) is 0 Å². The molecule has 4 heterocycles. The maximum atomic E-state index is 12.8. The summed E-state index contributed by atoms with van der Waals surface area (Å²) in [5, 5.41) is 5.56. The van der Waals surface area contributed by atoms with Crippen molar-refractivity contribution in [1.29, 1.82) is 0 Å². The summed E-state index contributed by atoms with van der Waals surface area (Å²) in [7, 11) is 1.93. The summed E-state index contributed by atoms with van der Waals surface area (Å²) in [4.78, 5) is 21.7. The lowest BCUT2D eigenvalue weighted by Crippen LogP contribution is -2.48. The molecule has 7 nitrogen and oxygen atoms in total. The van der Waals surface area contributed by atoms with E-state index in [-0.39, 0.29) is 5.92 Å². The number of carbonyl (C=O) groups excluding carboxylic acids is 1. The molecular weight excluding hydrogens is 330 g/mol. The lowest BCUT2D eigenvalue weighted by molar-refractivity contribution is -0.141. The van der Waals surface area contributed by atoms with Crippen molar-refractivity contribution in [3.8, 4) is 0 Å². The number of likely N-dealkylation sites (tertiary alicyclic amines) is 1. The molecule has 1 amide bonds. The molecule has 1 atom stereocenters. The van der Waals surface area contributed by atoms with E-state index in [1.165, 1.54) is 5.56 Å². The van der Waals surface area contributed by atoms with E-state index in [0.717, 1.165) is 62.3 Å². The largest absolute Gasteiger partial charge is 0.378 e. The van der Waals surface area contributed by atoms with Gasteiger partial charge in [-0.1, -0.05) is 0 Å². The van der Waals surface area contributed by atoms with Crippen molar-refractivity contribution in [2.75, 3.05) is 39.4 Å². The monoisotopic (exact) mass is 357 g/mol. The zero-order valence-corrected chi connectivity index (χ0v) is 15.6. The highest BCUT2D eigenvalue weighted by molar-refractivity contribution is 5.79. The van der Waals surface area contributed by atoms with E-state index in [1.807, 2.05) is 29.7 Å². The maximum absolute atomic E-state index is 12.8. The number of amides is 1. The molecule has 0 aliphatic carbocycles. The van der Waals surface area contributed by atoms with Crippen LogP contribution in [0.3, 0.4) is 0 Å². The minimum absolute atomic E-state index is 0.110. The van der Waals surface area contributed by atoms with Gasteiger partial charge >= 0.3 is 0 Å². The number of fused-ring (bicyclic) bond motifs is 1. The predicted octanol–water partition coefficient (Wildman–Crippen LogP) is 1.35. The number of rotatable bonds is 3. The van der Waals surface area contributed by atoms with Crippen LogP contribution in [-0.4, -0.2) is 69.9 Å². The summed E-state index contributed by atoms with van der Waals surface area (Å²) in [5.74, 6) is 0.411. The Morgan fingerprint density at radius 3 is 2.92 bits per heavy atom. The van der Waals surface area contributed by atoms with Crippen LogP contribution in [0.25, 0.3) is 11.0 Å². The van der Waals surface area contributed by atoms with Gasteiger partial charge in [-0.25, -0.2) is 4.98 Å². The Hall–Kier alpha value is -1.99. The van der Waals surface area contributed by atoms with Gasteiger partial charge < -0.3 is 9.64 Å². The average molecular weight is 357 g/mol. The summed E-state index contributed by atoms with van der Waals surface area (Å²) in [6, 6.07) is 2.19. The van der Waals surface area contributed by atoms with Gasteiger partial charge in [-0.2, -0.15) is 5.10 Å². The third kappa shape index (κ3) is 3.46. The van der Waals surface area contributed by atoms with Gasteiger partial charge in [0.05, 0.1) is 24.8 Å². The van der Waals surface area contributed by atoms with Crippen molar-refractivity contribution in [1.82, 2.24) is 24.6 Å². The smallest absolute Gasteiger partial charge is 0.227 e. The zero-order chi connectivity index (χ0) is 18.1. The molecule has 2 saturated heterocycles. The number of nitrogens with zero attached hydrogens (tertiary/aromatic N) is 5. The highest BCUT2D eigenvalue weighted by Gasteiger charge is 2.30. The van der Waals surface area contributed by atoms with E-state index in [9.17, 15) is 4.79 Å². The normalized spacial score (nSPS) is 22.1. The van der Waals surface area contributed by atoms with Crippen LogP contribution < -0.4 is 0 Å². The van der Waals surface area contributed by atoms with Gasteiger partial charge in [-0.15, -0.1) is 0 Å². The quantitative estimate of drug-likeness (QED) is 0.830. The van der Waals surface area contributed by atoms with Gasteiger partial charge in [0.2, 0.25) is 5.91 Å². The molecule has 2 aliphatic rings. The Balaban J connectivity index is 1.43.